The topological polar surface area (TPSA) is 97.8 Å². The largest absolute Gasteiger partial charge is 0.497 e. The molecule has 1 aliphatic rings. The van der Waals surface area contributed by atoms with Crippen molar-refractivity contribution in [1.29, 1.82) is 0 Å². The second-order valence-electron chi connectivity index (χ2n) is 7.71. The molecule has 0 saturated heterocycles. The van der Waals surface area contributed by atoms with Crippen molar-refractivity contribution in [3.05, 3.63) is 35.5 Å². The van der Waals surface area contributed by atoms with Gasteiger partial charge in [0, 0.05) is 29.9 Å². The van der Waals surface area contributed by atoms with Crippen LogP contribution in [0.25, 0.3) is 10.9 Å². The third-order valence-electron chi connectivity index (χ3n) is 5.92. The number of benzene rings is 1. The van der Waals surface area contributed by atoms with E-state index >= 15 is 0 Å². The van der Waals surface area contributed by atoms with Crippen molar-refractivity contribution in [3.63, 3.8) is 0 Å². The maximum absolute atomic E-state index is 13.0. The highest BCUT2D eigenvalue weighted by atomic mass is 16.5. The van der Waals surface area contributed by atoms with Crippen molar-refractivity contribution in [3.8, 4) is 5.75 Å². The van der Waals surface area contributed by atoms with E-state index < -0.39 is 22.8 Å². The Morgan fingerprint density at radius 2 is 2.04 bits per heavy atom. The Bertz CT molecular complexity index is 940. The molecule has 1 aromatic heterocycles. The number of hydrogen-bond acceptors (Lipinski definition) is 5. The molecule has 2 N–H and O–H groups in total. The van der Waals surface area contributed by atoms with Crippen LogP contribution in [0.1, 0.15) is 43.2 Å². The second kappa shape index (κ2) is 7.05. The van der Waals surface area contributed by atoms with E-state index in [0.29, 0.717) is 29.1 Å². The van der Waals surface area contributed by atoms with Crippen molar-refractivity contribution >= 4 is 22.8 Å². The van der Waals surface area contributed by atoms with Crippen LogP contribution in [0.15, 0.2) is 24.3 Å². The molecule has 1 amide bonds. The van der Waals surface area contributed by atoms with E-state index in [-0.39, 0.29) is 12.5 Å². The number of carbonyl (C=O) groups is 2. The van der Waals surface area contributed by atoms with E-state index in [2.05, 4.69) is 10.3 Å². The zero-order chi connectivity index (χ0) is 20.7. The Morgan fingerprint density at radius 3 is 2.61 bits per heavy atom. The van der Waals surface area contributed by atoms with Gasteiger partial charge in [-0.05, 0) is 32.0 Å². The fourth-order valence-corrected chi connectivity index (χ4v) is 3.90. The number of amides is 1. The Kier molecular flexibility index (Phi) is 5.06. The number of aliphatic carboxylic acids is 1. The minimum Gasteiger partial charge on any atom is -0.497 e. The number of pyridine rings is 1. The van der Waals surface area contributed by atoms with E-state index in [1.54, 1.807) is 32.2 Å². The van der Waals surface area contributed by atoms with Crippen LogP contribution in [-0.2, 0) is 9.53 Å². The van der Waals surface area contributed by atoms with Gasteiger partial charge < -0.3 is 19.9 Å². The van der Waals surface area contributed by atoms with Crippen LogP contribution in [0.3, 0.4) is 0 Å². The number of carboxylic acid groups (broad SMARTS) is 1. The highest BCUT2D eigenvalue weighted by molar-refractivity contribution is 6.01. The number of rotatable bonds is 6. The van der Waals surface area contributed by atoms with Gasteiger partial charge >= 0.3 is 5.97 Å². The van der Waals surface area contributed by atoms with Crippen LogP contribution in [0.4, 0.5) is 0 Å². The molecular formula is C21H26N2O5. The van der Waals surface area contributed by atoms with Gasteiger partial charge in [0.25, 0.3) is 5.91 Å². The van der Waals surface area contributed by atoms with Gasteiger partial charge in [0.2, 0.25) is 0 Å². The van der Waals surface area contributed by atoms with Gasteiger partial charge in [-0.1, -0.05) is 13.8 Å². The maximum atomic E-state index is 13.0. The zero-order valence-corrected chi connectivity index (χ0v) is 16.8. The lowest BCUT2D eigenvalue weighted by molar-refractivity contribution is -0.190. The average Bonchev–Trinajstić information content (AvgIpc) is 2.65. The summed E-state index contributed by atoms with van der Waals surface area (Å²) in [5.41, 5.74) is -0.533. The van der Waals surface area contributed by atoms with Crippen molar-refractivity contribution in [2.45, 2.75) is 45.8 Å². The highest BCUT2D eigenvalue weighted by Gasteiger charge is 2.66. The van der Waals surface area contributed by atoms with Gasteiger partial charge in [0.15, 0.2) is 0 Å². The molecule has 3 rings (SSSR count). The number of hydrogen-bond donors (Lipinski definition) is 2. The Morgan fingerprint density at radius 1 is 1.32 bits per heavy atom. The molecule has 0 radical (unpaired) electrons. The number of fused-ring (bicyclic) bond motifs is 1. The van der Waals surface area contributed by atoms with E-state index in [1.807, 2.05) is 26.8 Å². The number of aromatic nitrogens is 1. The summed E-state index contributed by atoms with van der Waals surface area (Å²) in [6.45, 7) is 7.71. The molecule has 1 fully saturated rings. The molecule has 2 aromatic rings. The summed E-state index contributed by atoms with van der Waals surface area (Å²) >= 11 is 0. The number of nitrogens with zero attached hydrogens (tertiary/aromatic N) is 1. The maximum Gasteiger partial charge on any atom is 0.330 e. The van der Waals surface area contributed by atoms with Crippen LogP contribution < -0.4 is 10.1 Å². The fraction of sp³-hybridized carbons (Fsp3) is 0.476. The van der Waals surface area contributed by atoms with Gasteiger partial charge in [-0.15, -0.1) is 0 Å². The molecule has 1 aliphatic carbocycles. The summed E-state index contributed by atoms with van der Waals surface area (Å²) in [5, 5.41) is 13.4. The molecule has 0 spiro atoms. The molecule has 7 heteroatoms. The summed E-state index contributed by atoms with van der Waals surface area (Å²) in [5.74, 6) is -0.828. The van der Waals surface area contributed by atoms with E-state index in [0.717, 1.165) is 5.39 Å². The van der Waals surface area contributed by atoms with E-state index in [4.69, 9.17) is 9.47 Å². The normalized spacial score (nSPS) is 23.1. The minimum absolute atomic E-state index is 0.225. The summed E-state index contributed by atoms with van der Waals surface area (Å²) < 4.78 is 10.9. The molecule has 1 aromatic carbocycles. The smallest absolute Gasteiger partial charge is 0.330 e. The van der Waals surface area contributed by atoms with Crippen molar-refractivity contribution in [2.24, 2.45) is 5.41 Å². The Hall–Kier alpha value is -2.67. The first-order valence-electron chi connectivity index (χ1n) is 9.29. The summed E-state index contributed by atoms with van der Waals surface area (Å²) in [6.07, 6.45) is 0.00352. The SMILES string of the molecule is CCOC1CC(NC(=O)c2cc3ccc(OC)cc3nc2C)(C(=O)O)C1(C)C. The van der Waals surface area contributed by atoms with Crippen LogP contribution in [0.5, 0.6) is 5.75 Å². The predicted molar refractivity (Wildman–Crippen MR) is 105 cm³/mol. The van der Waals surface area contributed by atoms with Crippen LogP contribution in [0.2, 0.25) is 0 Å². The number of nitrogens with one attached hydrogen (secondary N) is 1. The molecule has 28 heavy (non-hydrogen) atoms. The third kappa shape index (κ3) is 2.99. The molecule has 0 aliphatic heterocycles. The molecule has 7 nitrogen and oxygen atoms in total. The molecule has 0 bridgehead atoms. The standard InChI is InChI=1S/C21H26N2O5/c1-6-28-17-11-21(19(25)26,20(17,3)4)23-18(24)15-9-13-7-8-14(27-5)10-16(13)22-12(15)2/h7-10,17H,6,11H2,1-5H3,(H,23,24)(H,25,26). The molecule has 1 heterocycles. The monoisotopic (exact) mass is 386 g/mol. The first-order chi connectivity index (χ1) is 13.2. The van der Waals surface area contributed by atoms with Crippen molar-refractivity contribution in [1.82, 2.24) is 10.3 Å². The molecule has 2 atom stereocenters. The van der Waals surface area contributed by atoms with Crippen molar-refractivity contribution < 1.29 is 24.2 Å². The lowest BCUT2D eigenvalue weighted by atomic mass is 9.54. The fourth-order valence-electron chi connectivity index (χ4n) is 3.90. The molecule has 1 saturated carbocycles. The Balaban J connectivity index is 1.93. The number of aryl methyl sites for hydroxylation is 1. The Labute approximate surface area is 164 Å². The first-order valence-corrected chi connectivity index (χ1v) is 9.29. The summed E-state index contributed by atoms with van der Waals surface area (Å²) in [7, 11) is 1.58. The van der Waals surface area contributed by atoms with E-state index in [9.17, 15) is 14.7 Å². The number of carboxylic acids is 1. The number of ether oxygens (including phenoxy) is 2. The zero-order valence-electron chi connectivity index (χ0n) is 16.8. The first kappa shape index (κ1) is 20.1. The van der Waals surface area contributed by atoms with Gasteiger partial charge in [0.1, 0.15) is 11.3 Å². The second-order valence-corrected chi connectivity index (χ2v) is 7.71. The number of carbonyl (C=O) groups excluding carboxylic acids is 1. The van der Waals surface area contributed by atoms with Crippen LogP contribution in [0, 0.1) is 12.3 Å². The minimum atomic E-state index is -1.38. The highest BCUT2D eigenvalue weighted by Crippen LogP contribution is 2.51. The summed E-state index contributed by atoms with van der Waals surface area (Å²) in [4.78, 5) is 29.6. The lowest BCUT2D eigenvalue weighted by Crippen LogP contribution is -2.76. The summed E-state index contributed by atoms with van der Waals surface area (Å²) in [6, 6.07) is 7.14. The van der Waals surface area contributed by atoms with Crippen LogP contribution in [-0.4, -0.2) is 47.3 Å². The van der Waals surface area contributed by atoms with Gasteiger partial charge in [-0.2, -0.15) is 0 Å². The average molecular weight is 386 g/mol. The third-order valence-corrected chi connectivity index (χ3v) is 5.92. The molecular weight excluding hydrogens is 360 g/mol. The lowest BCUT2D eigenvalue weighted by Gasteiger charge is -2.58. The van der Waals surface area contributed by atoms with Crippen LogP contribution >= 0.6 is 0 Å². The van der Waals surface area contributed by atoms with Gasteiger partial charge in [0.05, 0.1) is 30.0 Å². The number of methoxy groups -OCH3 is 1. The molecule has 2 unspecified atom stereocenters. The molecule has 150 valence electrons. The van der Waals surface area contributed by atoms with Crippen molar-refractivity contribution in [2.75, 3.05) is 13.7 Å². The predicted octanol–water partition coefficient (Wildman–Crippen LogP) is 2.94. The van der Waals surface area contributed by atoms with E-state index in [1.165, 1.54) is 0 Å². The quantitative estimate of drug-likeness (QED) is 0.792. The van der Waals surface area contributed by atoms with Gasteiger partial charge in [-0.25, -0.2) is 4.79 Å². The van der Waals surface area contributed by atoms with Gasteiger partial charge in [-0.3, -0.25) is 9.78 Å².